The Morgan fingerprint density at radius 2 is 2.17 bits per heavy atom. The molecule has 1 N–H and O–H groups in total. The average Bonchev–Trinajstić information content (AvgIpc) is 2.38. The molecule has 1 aliphatic heterocycles. The predicted molar refractivity (Wildman–Crippen MR) is 74.0 cm³/mol. The first kappa shape index (κ1) is 12.8. The third-order valence-electron chi connectivity index (χ3n) is 3.14. The van der Waals surface area contributed by atoms with E-state index in [0.717, 1.165) is 11.1 Å². The molecule has 1 amide bonds. The zero-order valence-electron chi connectivity index (χ0n) is 10.4. The van der Waals surface area contributed by atoms with Crippen LogP contribution in [-0.4, -0.2) is 18.1 Å². The molecule has 0 bridgehead atoms. The quantitative estimate of drug-likeness (QED) is 0.875. The molecule has 1 unspecified atom stereocenters. The third kappa shape index (κ3) is 2.46. The van der Waals surface area contributed by atoms with E-state index in [4.69, 9.17) is 11.6 Å². The normalized spacial score (nSPS) is 18.9. The van der Waals surface area contributed by atoms with Gasteiger partial charge in [-0.25, -0.2) is 4.99 Å². The smallest absolute Gasteiger partial charge is 0.249 e. The molecule has 0 saturated heterocycles. The van der Waals surface area contributed by atoms with E-state index in [-0.39, 0.29) is 11.8 Å². The average molecular weight is 263 g/mol. The van der Waals surface area contributed by atoms with E-state index in [2.05, 4.69) is 10.3 Å². The topological polar surface area (TPSA) is 41.5 Å². The van der Waals surface area contributed by atoms with Crippen molar-refractivity contribution in [1.82, 2.24) is 5.32 Å². The van der Waals surface area contributed by atoms with E-state index in [1.165, 1.54) is 0 Å². The van der Waals surface area contributed by atoms with Gasteiger partial charge in [-0.1, -0.05) is 35.9 Å². The van der Waals surface area contributed by atoms with Gasteiger partial charge in [0, 0.05) is 31.2 Å². The standard InChI is InChI=1S/C14H15ClN2O/c1-9-5-3-4-6-10(9)11-7-13(15)17-8-12(11)14(18)16-2/h3-6,8,11H,7H2,1-2H3,(H,16,18). The molecule has 0 spiro atoms. The molecule has 0 fully saturated rings. The van der Waals surface area contributed by atoms with Crippen molar-refractivity contribution in [2.24, 2.45) is 4.99 Å². The minimum absolute atomic E-state index is 0.0175. The highest BCUT2D eigenvalue weighted by atomic mass is 35.5. The maximum Gasteiger partial charge on any atom is 0.249 e. The van der Waals surface area contributed by atoms with Crippen molar-refractivity contribution < 1.29 is 4.79 Å². The van der Waals surface area contributed by atoms with Gasteiger partial charge in [-0.15, -0.1) is 0 Å². The van der Waals surface area contributed by atoms with Gasteiger partial charge in [0.1, 0.15) is 5.17 Å². The molecular weight excluding hydrogens is 248 g/mol. The number of amides is 1. The lowest BCUT2D eigenvalue weighted by molar-refractivity contribution is -0.117. The van der Waals surface area contributed by atoms with E-state index in [1.54, 1.807) is 13.2 Å². The Morgan fingerprint density at radius 1 is 1.44 bits per heavy atom. The van der Waals surface area contributed by atoms with Gasteiger partial charge < -0.3 is 5.32 Å². The molecule has 18 heavy (non-hydrogen) atoms. The van der Waals surface area contributed by atoms with E-state index >= 15 is 0 Å². The summed E-state index contributed by atoms with van der Waals surface area (Å²) in [6.07, 6.45) is 2.15. The van der Waals surface area contributed by atoms with Gasteiger partial charge in [-0.3, -0.25) is 4.79 Å². The Labute approximate surface area is 112 Å². The lowest BCUT2D eigenvalue weighted by Crippen LogP contribution is -2.26. The number of likely N-dealkylation sites (N-methyl/N-ethyl adjacent to an activating group) is 1. The molecule has 0 radical (unpaired) electrons. The van der Waals surface area contributed by atoms with Crippen LogP contribution in [0.4, 0.5) is 0 Å². The molecule has 1 aliphatic rings. The van der Waals surface area contributed by atoms with Crippen molar-refractivity contribution >= 4 is 22.7 Å². The van der Waals surface area contributed by atoms with E-state index in [1.807, 2.05) is 31.2 Å². The SMILES string of the molecule is CNC(=O)C1=CN=C(Cl)CC1c1ccccc1C. The molecule has 3 nitrogen and oxygen atoms in total. The molecule has 1 heterocycles. The fourth-order valence-electron chi connectivity index (χ4n) is 2.18. The van der Waals surface area contributed by atoms with Crippen molar-refractivity contribution in [2.75, 3.05) is 7.05 Å². The molecule has 2 rings (SSSR count). The zero-order valence-corrected chi connectivity index (χ0v) is 11.2. The number of aliphatic imine (C=N–C) groups is 1. The van der Waals surface area contributed by atoms with Crippen LogP contribution in [0.1, 0.15) is 23.5 Å². The van der Waals surface area contributed by atoms with Gasteiger partial charge >= 0.3 is 0 Å². The van der Waals surface area contributed by atoms with Gasteiger partial charge in [-0.2, -0.15) is 0 Å². The lowest BCUT2D eigenvalue weighted by Gasteiger charge is -2.23. The number of aryl methyl sites for hydroxylation is 1. The summed E-state index contributed by atoms with van der Waals surface area (Å²) in [5.74, 6) is -0.118. The zero-order chi connectivity index (χ0) is 13.1. The summed E-state index contributed by atoms with van der Waals surface area (Å²) < 4.78 is 0. The van der Waals surface area contributed by atoms with Crippen molar-refractivity contribution in [3.05, 3.63) is 47.2 Å². The Bertz CT molecular complexity index is 534. The molecule has 1 aromatic carbocycles. The maximum atomic E-state index is 11.9. The summed E-state index contributed by atoms with van der Waals surface area (Å²) in [6, 6.07) is 8.03. The first-order chi connectivity index (χ1) is 8.63. The molecule has 0 saturated carbocycles. The van der Waals surface area contributed by atoms with Crippen molar-refractivity contribution in [1.29, 1.82) is 0 Å². The first-order valence-corrected chi connectivity index (χ1v) is 6.21. The van der Waals surface area contributed by atoms with Gasteiger partial charge in [0.2, 0.25) is 5.91 Å². The Morgan fingerprint density at radius 3 is 2.83 bits per heavy atom. The van der Waals surface area contributed by atoms with Gasteiger partial charge in [0.25, 0.3) is 0 Å². The summed E-state index contributed by atoms with van der Waals surface area (Å²) in [5.41, 5.74) is 2.94. The van der Waals surface area contributed by atoms with E-state index in [0.29, 0.717) is 17.2 Å². The second-order valence-corrected chi connectivity index (χ2v) is 4.72. The van der Waals surface area contributed by atoms with E-state index in [9.17, 15) is 4.79 Å². The van der Waals surface area contributed by atoms with Crippen LogP contribution in [0.5, 0.6) is 0 Å². The van der Waals surface area contributed by atoms with E-state index < -0.39 is 0 Å². The number of halogens is 1. The number of rotatable bonds is 2. The van der Waals surface area contributed by atoms with Crippen LogP contribution in [-0.2, 0) is 4.79 Å². The minimum Gasteiger partial charge on any atom is -0.355 e. The van der Waals surface area contributed by atoms with Crippen LogP contribution in [0, 0.1) is 6.92 Å². The number of carbonyl (C=O) groups is 1. The minimum atomic E-state index is -0.101. The Hall–Kier alpha value is -1.61. The number of carbonyl (C=O) groups excluding carboxylic acids is 1. The highest BCUT2D eigenvalue weighted by Gasteiger charge is 2.26. The fourth-order valence-corrected chi connectivity index (χ4v) is 2.38. The summed E-state index contributed by atoms with van der Waals surface area (Å²) in [6.45, 7) is 2.04. The van der Waals surface area contributed by atoms with Crippen LogP contribution >= 0.6 is 11.6 Å². The molecule has 0 aromatic heterocycles. The Kier molecular flexibility index (Phi) is 3.82. The highest BCUT2D eigenvalue weighted by molar-refractivity contribution is 6.65. The second kappa shape index (κ2) is 5.36. The van der Waals surface area contributed by atoms with Crippen LogP contribution in [0.25, 0.3) is 0 Å². The summed E-state index contributed by atoms with van der Waals surface area (Å²) in [7, 11) is 1.62. The number of hydrogen-bond acceptors (Lipinski definition) is 2. The third-order valence-corrected chi connectivity index (χ3v) is 3.40. The van der Waals surface area contributed by atoms with Gasteiger partial charge in [-0.05, 0) is 18.1 Å². The van der Waals surface area contributed by atoms with Crippen LogP contribution < -0.4 is 5.32 Å². The van der Waals surface area contributed by atoms with Gasteiger partial charge in [0.05, 0.1) is 0 Å². The molecule has 0 aliphatic carbocycles. The summed E-state index contributed by atoms with van der Waals surface area (Å²) in [4.78, 5) is 15.9. The van der Waals surface area contributed by atoms with Crippen molar-refractivity contribution in [3.8, 4) is 0 Å². The predicted octanol–water partition coefficient (Wildman–Crippen LogP) is 2.75. The molecule has 4 heteroatoms. The van der Waals surface area contributed by atoms with Gasteiger partial charge in [0.15, 0.2) is 0 Å². The van der Waals surface area contributed by atoms with Crippen LogP contribution in [0.15, 0.2) is 41.0 Å². The molecule has 1 atom stereocenters. The highest BCUT2D eigenvalue weighted by Crippen LogP contribution is 2.33. The fraction of sp³-hybridized carbons (Fsp3) is 0.286. The lowest BCUT2D eigenvalue weighted by atomic mass is 9.85. The molecule has 1 aromatic rings. The van der Waals surface area contributed by atoms with Crippen LogP contribution in [0.3, 0.4) is 0 Å². The Balaban J connectivity index is 2.43. The second-order valence-electron chi connectivity index (χ2n) is 4.28. The van der Waals surface area contributed by atoms with Crippen molar-refractivity contribution in [2.45, 2.75) is 19.3 Å². The molecular formula is C14H15ClN2O. The molecule has 94 valence electrons. The first-order valence-electron chi connectivity index (χ1n) is 5.83. The monoisotopic (exact) mass is 262 g/mol. The number of benzene rings is 1. The summed E-state index contributed by atoms with van der Waals surface area (Å²) in [5, 5.41) is 3.19. The van der Waals surface area contributed by atoms with Crippen molar-refractivity contribution in [3.63, 3.8) is 0 Å². The number of nitrogens with one attached hydrogen (secondary N) is 1. The summed E-state index contributed by atoms with van der Waals surface area (Å²) >= 11 is 6.00. The number of hydrogen-bond donors (Lipinski definition) is 1. The number of nitrogens with zero attached hydrogens (tertiary/aromatic N) is 1. The van der Waals surface area contributed by atoms with Crippen LogP contribution in [0.2, 0.25) is 0 Å². The maximum absolute atomic E-state index is 11.9. The largest absolute Gasteiger partial charge is 0.355 e.